The van der Waals surface area contributed by atoms with Crippen molar-refractivity contribution in [1.82, 2.24) is 0 Å². The van der Waals surface area contributed by atoms with Crippen molar-refractivity contribution in [2.75, 3.05) is 6.54 Å². The van der Waals surface area contributed by atoms with Gasteiger partial charge in [0.15, 0.2) is 0 Å². The zero-order valence-corrected chi connectivity index (χ0v) is 10.5. The van der Waals surface area contributed by atoms with Gasteiger partial charge >= 0.3 is 0 Å². The minimum atomic E-state index is -0.752. The van der Waals surface area contributed by atoms with Crippen molar-refractivity contribution >= 4 is 0 Å². The van der Waals surface area contributed by atoms with Crippen molar-refractivity contribution in [2.24, 2.45) is 5.73 Å². The van der Waals surface area contributed by atoms with Gasteiger partial charge in [-0.05, 0) is 24.3 Å². The van der Waals surface area contributed by atoms with Crippen LogP contribution in [0, 0.1) is 17.5 Å². The third kappa shape index (κ3) is 2.04. The maximum absolute atomic E-state index is 13.9. The molecular weight excluding hydrogens is 267 g/mol. The Morgan fingerprint density at radius 3 is 2.50 bits per heavy atom. The van der Waals surface area contributed by atoms with E-state index in [9.17, 15) is 13.2 Å². The highest BCUT2D eigenvalue weighted by Gasteiger charge is 2.28. The molecular formula is C15H12F3NO. The Morgan fingerprint density at radius 1 is 1.15 bits per heavy atom. The number of hydrogen-bond donors (Lipinski definition) is 1. The van der Waals surface area contributed by atoms with Crippen LogP contribution in [0.25, 0.3) is 11.1 Å². The first-order chi connectivity index (χ1) is 9.60. The van der Waals surface area contributed by atoms with Crippen LogP contribution in [0.4, 0.5) is 13.2 Å². The van der Waals surface area contributed by atoms with Gasteiger partial charge in [0.25, 0.3) is 0 Å². The van der Waals surface area contributed by atoms with Crippen LogP contribution in [0.2, 0.25) is 0 Å². The van der Waals surface area contributed by atoms with Gasteiger partial charge in [0, 0.05) is 24.1 Å². The third-order valence-corrected chi connectivity index (χ3v) is 3.36. The summed E-state index contributed by atoms with van der Waals surface area (Å²) in [6.07, 6.45) is 0.146. The highest BCUT2D eigenvalue weighted by Crippen LogP contribution is 2.41. The van der Waals surface area contributed by atoms with Gasteiger partial charge in [-0.15, -0.1) is 0 Å². The molecule has 104 valence electrons. The average molecular weight is 279 g/mol. The number of rotatable bonds is 2. The van der Waals surface area contributed by atoms with Crippen LogP contribution in [0.3, 0.4) is 0 Å². The molecule has 1 aliphatic rings. The zero-order chi connectivity index (χ0) is 14.3. The summed E-state index contributed by atoms with van der Waals surface area (Å²) in [5.74, 6) is -1.75. The van der Waals surface area contributed by atoms with E-state index in [0.29, 0.717) is 17.7 Å². The summed E-state index contributed by atoms with van der Waals surface area (Å²) in [4.78, 5) is 0. The summed E-state index contributed by atoms with van der Waals surface area (Å²) in [6, 6.07) is 5.92. The molecule has 3 rings (SSSR count). The Labute approximate surface area is 114 Å². The molecule has 0 amide bonds. The molecule has 5 heteroatoms. The van der Waals surface area contributed by atoms with E-state index in [-0.39, 0.29) is 23.8 Å². The molecule has 0 saturated heterocycles. The molecule has 0 fully saturated rings. The van der Waals surface area contributed by atoms with Crippen LogP contribution < -0.4 is 10.5 Å². The molecule has 20 heavy (non-hydrogen) atoms. The Kier molecular flexibility index (Phi) is 3.14. The number of nitrogens with two attached hydrogens (primary N) is 1. The second-order valence-electron chi connectivity index (χ2n) is 4.72. The molecule has 2 aromatic rings. The monoisotopic (exact) mass is 279 g/mol. The van der Waals surface area contributed by atoms with E-state index >= 15 is 0 Å². The van der Waals surface area contributed by atoms with Crippen molar-refractivity contribution in [1.29, 1.82) is 0 Å². The first kappa shape index (κ1) is 13.0. The lowest BCUT2D eigenvalue weighted by Gasteiger charge is -2.12. The van der Waals surface area contributed by atoms with Crippen LogP contribution in [-0.2, 0) is 6.42 Å². The minimum Gasteiger partial charge on any atom is -0.488 e. The number of ether oxygens (including phenoxy) is 1. The quantitative estimate of drug-likeness (QED) is 0.917. The maximum Gasteiger partial charge on any atom is 0.134 e. The minimum absolute atomic E-state index is 0.0894. The highest BCUT2D eigenvalue weighted by molar-refractivity contribution is 5.74. The summed E-state index contributed by atoms with van der Waals surface area (Å²) in [5, 5.41) is 0. The molecule has 0 unspecified atom stereocenters. The van der Waals surface area contributed by atoms with Gasteiger partial charge in [-0.3, -0.25) is 0 Å². The average Bonchev–Trinajstić information content (AvgIpc) is 2.81. The lowest BCUT2D eigenvalue weighted by atomic mass is 9.99. The topological polar surface area (TPSA) is 35.2 Å². The number of fused-ring (bicyclic) bond motifs is 1. The molecule has 0 aliphatic carbocycles. The fourth-order valence-corrected chi connectivity index (χ4v) is 2.47. The largest absolute Gasteiger partial charge is 0.488 e. The number of hydrogen-bond acceptors (Lipinski definition) is 2. The van der Waals surface area contributed by atoms with E-state index < -0.39 is 17.5 Å². The van der Waals surface area contributed by atoms with Gasteiger partial charge in [0.1, 0.15) is 29.3 Å². The fraction of sp³-hybridized carbons (Fsp3) is 0.200. The van der Waals surface area contributed by atoms with Gasteiger partial charge in [-0.2, -0.15) is 0 Å². The predicted molar refractivity (Wildman–Crippen MR) is 68.9 cm³/mol. The molecule has 1 heterocycles. The fourth-order valence-electron chi connectivity index (χ4n) is 2.47. The Hall–Kier alpha value is -2.01. The van der Waals surface area contributed by atoms with E-state index in [1.54, 1.807) is 0 Å². The lowest BCUT2D eigenvalue weighted by Crippen LogP contribution is -2.24. The second-order valence-corrected chi connectivity index (χ2v) is 4.72. The summed E-state index contributed by atoms with van der Waals surface area (Å²) in [5.41, 5.74) is 5.93. The SMILES string of the molecule is NC[C@@H]1Cc2cc(F)cc(-c3c(F)cccc3F)c2O1. The first-order valence-corrected chi connectivity index (χ1v) is 6.23. The molecule has 0 saturated carbocycles. The van der Waals surface area contributed by atoms with Crippen LogP contribution in [-0.4, -0.2) is 12.6 Å². The van der Waals surface area contributed by atoms with Gasteiger partial charge in [-0.1, -0.05) is 6.07 Å². The Balaban J connectivity index is 2.21. The van der Waals surface area contributed by atoms with Crippen molar-refractivity contribution in [3.8, 4) is 16.9 Å². The van der Waals surface area contributed by atoms with E-state index in [1.807, 2.05) is 0 Å². The molecule has 0 aromatic heterocycles. The second kappa shape index (κ2) is 4.83. The van der Waals surface area contributed by atoms with Crippen LogP contribution in [0.15, 0.2) is 30.3 Å². The molecule has 1 atom stereocenters. The van der Waals surface area contributed by atoms with Gasteiger partial charge in [-0.25, -0.2) is 13.2 Å². The van der Waals surface area contributed by atoms with Crippen molar-refractivity contribution in [2.45, 2.75) is 12.5 Å². The van der Waals surface area contributed by atoms with Crippen LogP contribution in [0.5, 0.6) is 5.75 Å². The summed E-state index contributed by atoms with van der Waals surface area (Å²) < 4.78 is 47.0. The van der Waals surface area contributed by atoms with Crippen molar-refractivity contribution in [3.63, 3.8) is 0 Å². The van der Waals surface area contributed by atoms with E-state index in [2.05, 4.69) is 0 Å². The molecule has 0 bridgehead atoms. The zero-order valence-electron chi connectivity index (χ0n) is 10.5. The molecule has 0 spiro atoms. The van der Waals surface area contributed by atoms with Gasteiger partial charge < -0.3 is 10.5 Å². The predicted octanol–water partition coefficient (Wildman–Crippen LogP) is 3.03. The number of benzene rings is 2. The first-order valence-electron chi connectivity index (χ1n) is 6.23. The molecule has 2 N–H and O–H groups in total. The Bertz CT molecular complexity index is 652. The van der Waals surface area contributed by atoms with Gasteiger partial charge in [0.2, 0.25) is 0 Å². The molecule has 0 radical (unpaired) electrons. The standard InChI is InChI=1S/C15H12F3NO/c16-9-4-8-5-10(7-19)20-15(8)11(6-9)14-12(17)2-1-3-13(14)18/h1-4,6,10H,5,7,19H2/t10-/m0/s1. The van der Waals surface area contributed by atoms with Crippen molar-refractivity contribution in [3.05, 3.63) is 53.3 Å². The van der Waals surface area contributed by atoms with E-state index in [0.717, 1.165) is 18.2 Å². The molecule has 2 nitrogen and oxygen atoms in total. The number of halogens is 3. The summed E-state index contributed by atoms with van der Waals surface area (Å²) in [6.45, 7) is 0.259. The Morgan fingerprint density at radius 2 is 1.85 bits per heavy atom. The van der Waals surface area contributed by atoms with Crippen LogP contribution in [0.1, 0.15) is 5.56 Å². The van der Waals surface area contributed by atoms with Crippen LogP contribution >= 0.6 is 0 Å². The lowest BCUT2D eigenvalue weighted by molar-refractivity contribution is 0.242. The smallest absolute Gasteiger partial charge is 0.134 e. The normalized spacial score (nSPS) is 16.9. The molecule has 2 aromatic carbocycles. The highest BCUT2D eigenvalue weighted by atomic mass is 19.1. The van der Waals surface area contributed by atoms with Gasteiger partial charge in [0.05, 0.1) is 5.56 Å². The van der Waals surface area contributed by atoms with E-state index in [1.165, 1.54) is 12.1 Å². The van der Waals surface area contributed by atoms with E-state index in [4.69, 9.17) is 10.5 Å². The maximum atomic E-state index is 13.9. The summed E-state index contributed by atoms with van der Waals surface area (Å²) in [7, 11) is 0. The third-order valence-electron chi connectivity index (χ3n) is 3.36. The molecule has 1 aliphatic heterocycles. The summed E-state index contributed by atoms with van der Waals surface area (Å²) >= 11 is 0. The van der Waals surface area contributed by atoms with Crippen molar-refractivity contribution < 1.29 is 17.9 Å².